The standard InChI is InChI=1S/C29H24N6O3S/c1-18-7-5-10-21(13-18)34-17-20(14-27(34)37)28(38)31-25-15-23(24-11-6-12-39-24)33-35(25)29-30-22(16-26(36)32-29)19-8-3-2-4-9-19/h2-13,15-16,20H,14,17H2,1H3,(H,31,38)(H,30,32,36). The minimum atomic E-state index is -0.547. The molecule has 0 spiro atoms. The Morgan fingerprint density at radius 3 is 2.62 bits per heavy atom. The summed E-state index contributed by atoms with van der Waals surface area (Å²) in [6.07, 6.45) is 0.101. The summed E-state index contributed by atoms with van der Waals surface area (Å²) in [5, 5.41) is 9.55. The largest absolute Gasteiger partial charge is 0.312 e. The van der Waals surface area contributed by atoms with Crippen LogP contribution < -0.4 is 15.8 Å². The Morgan fingerprint density at radius 1 is 1.00 bits per heavy atom. The van der Waals surface area contributed by atoms with Crippen LogP contribution in [0.3, 0.4) is 0 Å². The first-order valence-electron chi connectivity index (χ1n) is 12.4. The van der Waals surface area contributed by atoms with Crippen molar-refractivity contribution in [1.29, 1.82) is 0 Å². The van der Waals surface area contributed by atoms with Gasteiger partial charge in [-0.1, -0.05) is 48.5 Å². The topological polar surface area (TPSA) is 113 Å². The zero-order valence-corrected chi connectivity index (χ0v) is 21.8. The zero-order chi connectivity index (χ0) is 26.9. The average Bonchev–Trinajstić information content (AvgIpc) is 3.69. The number of nitrogens with zero attached hydrogens (tertiary/aromatic N) is 4. The van der Waals surface area contributed by atoms with Crippen molar-refractivity contribution in [2.45, 2.75) is 13.3 Å². The molecule has 0 aliphatic carbocycles. The molecular weight excluding hydrogens is 512 g/mol. The lowest BCUT2D eigenvalue weighted by atomic mass is 10.1. The van der Waals surface area contributed by atoms with Gasteiger partial charge in [-0.3, -0.25) is 19.4 Å². The van der Waals surface area contributed by atoms with Crippen LogP contribution in [0, 0.1) is 12.8 Å². The predicted octanol–water partition coefficient (Wildman–Crippen LogP) is 4.65. The maximum absolute atomic E-state index is 13.4. The molecule has 5 aromatic rings. The minimum Gasteiger partial charge on any atom is -0.312 e. The molecule has 9 nitrogen and oxygen atoms in total. The second-order valence-electron chi connectivity index (χ2n) is 9.36. The number of anilines is 2. The van der Waals surface area contributed by atoms with Crippen LogP contribution in [0.2, 0.25) is 0 Å². The van der Waals surface area contributed by atoms with E-state index >= 15 is 0 Å². The van der Waals surface area contributed by atoms with E-state index < -0.39 is 5.92 Å². The van der Waals surface area contributed by atoms with Gasteiger partial charge in [0, 0.05) is 36.3 Å². The maximum atomic E-state index is 13.4. The first-order chi connectivity index (χ1) is 18.9. The number of rotatable bonds is 6. The third kappa shape index (κ3) is 5.01. The highest BCUT2D eigenvalue weighted by Crippen LogP contribution is 2.30. The van der Waals surface area contributed by atoms with Crippen molar-refractivity contribution < 1.29 is 9.59 Å². The van der Waals surface area contributed by atoms with Gasteiger partial charge in [0.05, 0.1) is 16.5 Å². The summed E-state index contributed by atoms with van der Waals surface area (Å²) in [6.45, 7) is 2.24. The molecule has 4 heterocycles. The molecule has 1 aliphatic heterocycles. The Morgan fingerprint density at radius 2 is 1.85 bits per heavy atom. The van der Waals surface area contributed by atoms with Crippen molar-refractivity contribution in [2.75, 3.05) is 16.8 Å². The Bertz CT molecular complexity index is 1730. The lowest BCUT2D eigenvalue weighted by Crippen LogP contribution is -2.29. The lowest BCUT2D eigenvalue weighted by Gasteiger charge is -2.17. The third-order valence-electron chi connectivity index (χ3n) is 6.54. The van der Waals surface area contributed by atoms with Crippen molar-refractivity contribution in [1.82, 2.24) is 19.7 Å². The highest BCUT2D eigenvalue weighted by Gasteiger charge is 2.35. The number of aromatic amines is 1. The van der Waals surface area contributed by atoms with Gasteiger partial charge in [-0.05, 0) is 36.1 Å². The first kappa shape index (κ1) is 24.5. The van der Waals surface area contributed by atoms with Gasteiger partial charge in [0.25, 0.3) is 5.56 Å². The number of nitrogens with one attached hydrogen (secondary N) is 2. The summed E-state index contributed by atoms with van der Waals surface area (Å²) in [5.74, 6) is -0.440. The number of carbonyl (C=O) groups is 2. The summed E-state index contributed by atoms with van der Waals surface area (Å²) in [4.78, 5) is 48.7. The van der Waals surface area contributed by atoms with Crippen LogP contribution in [-0.2, 0) is 9.59 Å². The molecule has 1 saturated heterocycles. The number of carbonyl (C=O) groups excluding carboxylic acids is 2. The SMILES string of the molecule is Cc1cccc(N2CC(C(=O)Nc3cc(-c4cccs4)nn3-c3nc(-c4ccccc4)cc(=O)[nH]3)CC2=O)c1. The summed E-state index contributed by atoms with van der Waals surface area (Å²) in [5.41, 5.74) is 3.35. The van der Waals surface area contributed by atoms with Crippen LogP contribution in [0.4, 0.5) is 11.5 Å². The van der Waals surface area contributed by atoms with E-state index in [1.54, 1.807) is 11.0 Å². The number of amides is 2. The number of aryl methyl sites for hydroxylation is 1. The summed E-state index contributed by atoms with van der Waals surface area (Å²) in [6, 6.07) is 24.0. The van der Waals surface area contributed by atoms with E-state index in [0.29, 0.717) is 17.2 Å². The zero-order valence-electron chi connectivity index (χ0n) is 21.0. The second-order valence-corrected chi connectivity index (χ2v) is 10.3. The van der Waals surface area contributed by atoms with E-state index in [4.69, 9.17) is 0 Å². The van der Waals surface area contributed by atoms with Crippen molar-refractivity contribution in [3.8, 4) is 27.8 Å². The fourth-order valence-corrected chi connectivity index (χ4v) is 5.32. The molecule has 6 rings (SSSR count). The molecule has 1 unspecified atom stereocenters. The van der Waals surface area contributed by atoms with Crippen LogP contribution in [0.15, 0.2) is 89.0 Å². The number of benzene rings is 2. The molecule has 3 aromatic heterocycles. The molecule has 10 heteroatoms. The molecule has 194 valence electrons. The summed E-state index contributed by atoms with van der Waals surface area (Å²) >= 11 is 1.51. The van der Waals surface area contributed by atoms with Crippen molar-refractivity contribution in [3.05, 3.63) is 100 Å². The van der Waals surface area contributed by atoms with E-state index in [2.05, 4.69) is 20.4 Å². The van der Waals surface area contributed by atoms with E-state index in [-0.39, 0.29) is 36.3 Å². The number of hydrogen-bond donors (Lipinski definition) is 2. The maximum Gasteiger partial charge on any atom is 0.252 e. The van der Waals surface area contributed by atoms with Gasteiger partial charge in [0.15, 0.2) is 0 Å². The van der Waals surface area contributed by atoms with Crippen molar-refractivity contribution >= 4 is 34.7 Å². The van der Waals surface area contributed by atoms with E-state index in [0.717, 1.165) is 21.7 Å². The van der Waals surface area contributed by atoms with Gasteiger partial charge in [0.2, 0.25) is 17.8 Å². The fraction of sp³-hybridized carbons (Fsp3) is 0.138. The van der Waals surface area contributed by atoms with Gasteiger partial charge < -0.3 is 10.2 Å². The summed E-state index contributed by atoms with van der Waals surface area (Å²) in [7, 11) is 0. The fourth-order valence-electron chi connectivity index (χ4n) is 4.64. The molecular formula is C29H24N6O3S. The van der Waals surface area contributed by atoms with E-state index in [1.807, 2.05) is 79.0 Å². The molecule has 39 heavy (non-hydrogen) atoms. The van der Waals surface area contributed by atoms with Gasteiger partial charge >= 0.3 is 0 Å². The molecule has 1 atom stereocenters. The monoisotopic (exact) mass is 536 g/mol. The molecule has 0 saturated carbocycles. The first-order valence-corrected chi connectivity index (χ1v) is 13.3. The van der Waals surface area contributed by atoms with Crippen molar-refractivity contribution in [3.63, 3.8) is 0 Å². The Balaban J connectivity index is 1.33. The van der Waals surface area contributed by atoms with Crippen LogP contribution in [0.25, 0.3) is 27.8 Å². The van der Waals surface area contributed by atoms with Crippen LogP contribution in [-0.4, -0.2) is 38.1 Å². The number of thiophene rings is 1. The Hall–Kier alpha value is -4.83. The van der Waals surface area contributed by atoms with Crippen molar-refractivity contribution in [2.24, 2.45) is 5.92 Å². The van der Waals surface area contributed by atoms with E-state index in [1.165, 1.54) is 22.1 Å². The highest BCUT2D eigenvalue weighted by molar-refractivity contribution is 7.13. The molecule has 2 N–H and O–H groups in total. The molecule has 0 radical (unpaired) electrons. The lowest BCUT2D eigenvalue weighted by molar-refractivity contribution is -0.122. The van der Waals surface area contributed by atoms with E-state index in [9.17, 15) is 14.4 Å². The van der Waals surface area contributed by atoms with Gasteiger partial charge in [-0.25, -0.2) is 4.98 Å². The minimum absolute atomic E-state index is 0.101. The average molecular weight is 537 g/mol. The Kier molecular flexibility index (Phi) is 6.37. The van der Waals surface area contributed by atoms with Crippen LogP contribution >= 0.6 is 11.3 Å². The van der Waals surface area contributed by atoms with Crippen LogP contribution in [0.1, 0.15) is 12.0 Å². The quantitative estimate of drug-likeness (QED) is 0.328. The number of H-pyrrole nitrogens is 1. The molecule has 1 fully saturated rings. The highest BCUT2D eigenvalue weighted by atomic mass is 32.1. The van der Waals surface area contributed by atoms with Gasteiger partial charge in [-0.15, -0.1) is 11.3 Å². The molecule has 0 bridgehead atoms. The summed E-state index contributed by atoms with van der Waals surface area (Å²) < 4.78 is 1.43. The second kappa shape index (κ2) is 10.1. The van der Waals surface area contributed by atoms with Gasteiger partial charge in [0.1, 0.15) is 11.5 Å². The Labute approximate surface area is 227 Å². The molecule has 2 amide bonds. The normalized spacial score (nSPS) is 15.1. The molecule has 1 aliphatic rings. The van der Waals surface area contributed by atoms with Gasteiger partial charge in [-0.2, -0.15) is 9.78 Å². The molecule has 2 aromatic carbocycles. The number of aromatic nitrogens is 4. The number of hydrogen-bond acceptors (Lipinski definition) is 6. The predicted molar refractivity (Wildman–Crippen MR) is 151 cm³/mol. The van der Waals surface area contributed by atoms with Crippen LogP contribution in [0.5, 0.6) is 0 Å². The smallest absolute Gasteiger partial charge is 0.252 e. The third-order valence-corrected chi connectivity index (χ3v) is 7.44.